The zero-order chi connectivity index (χ0) is 15.4. The molecule has 0 aromatic carbocycles. The first-order valence-electron chi connectivity index (χ1n) is 6.33. The van der Waals surface area contributed by atoms with Crippen molar-refractivity contribution in [3.63, 3.8) is 0 Å². The van der Waals surface area contributed by atoms with Gasteiger partial charge in [-0.25, -0.2) is 0 Å². The Morgan fingerprint density at radius 1 is 1.62 bits per heavy atom. The third-order valence-corrected chi connectivity index (χ3v) is 2.92. The zero-order valence-electron chi connectivity index (χ0n) is 11.8. The molecule has 2 heterocycles. The summed E-state index contributed by atoms with van der Waals surface area (Å²) < 4.78 is 5.13. The highest BCUT2D eigenvalue weighted by atomic mass is 16.5. The summed E-state index contributed by atoms with van der Waals surface area (Å²) in [6, 6.07) is 3.49. The molecule has 1 amide bonds. The summed E-state index contributed by atoms with van der Waals surface area (Å²) in [5.74, 6) is 2.15. The average Bonchev–Trinajstić information content (AvgIpc) is 2.92. The van der Waals surface area contributed by atoms with Gasteiger partial charge in [-0.1, -0.05) is 11.1 Å². The first-order valence-corrected chi connectivity index (χ1v) is 6.33. The van der Waals surface area contributed by atoms with Crippen molar-refractivity contribution in [2.24, 2.45) is 0 Å². The van der Waals surface area contributed by atoms with Gasteiger partial charge in [0.05, 0.1) is 6.54 Å². The van der Waals surface area contributed by atoms with Crippen LogP contribution < -0.4 is 0 Å². The lowest BCUT2D eigenvalue weighted by Gasteiger charge is -2.14. The molecule has 0 spiro atoms. The first kappa shape index (κ1) is 14.8. The molecule has 0 aliphatic heterocycles. The summed E-state index contributed by atoms with van der Waals surface area (Å²) in [4.78, 5) is 17.9. The lowest BCUT2D eigenvalue weighted by molar-refractivity contribution is 0.0800. The van der Waals surface area contributed by atoms with E-state index in [1.165, 1.54) is 11.8 Å². The van der Waals surface area contributed by atoms with E-state index in [-0.39, 0.29) is 23.8 Å². The maximum atomic E-state index is 12.5. The van der Waals surface area contributed by atoms with Crippen LogP contribution in [-0.2, 0) is 0 Å². The number of carbonyl (C=O) groups excluding carboxylic acids is 1. The summed E-state index contributed by atoms with van der Waals surface area (Å²) in [5, 5.41) is 13.7. The predicted molar refractivity (Wildman–Crippen MR) is 76.2 cm³/mol. The largest absolute Gasteiger partial charge is 0.385 e. The van der Waals surface area contributed by atoms with Crippen molar-refractivity contribution in [2.75, 3.05) is 13.6 Å². The number of nitrogens with zero attached hydrogens (tertiary/aromatic N) is 3. The molecule has 0 aliphatic carbocycles. The Morgan fingerprint density at radius 2 is 2.38 bits per heavy atom. The maximum absolute atomic E-state index is 12.5. The maximum Gasteiger partial charge on any atom is 0.260 e. The van der Waals surface area contributed by atoms with E-state index in [1.807, 2.05) is 0 Å². The molecule has 0 saturated heterocycles. The van der Waals surface area contributed by atoms with Crippen LogP contribution in [0, 0.1) is 12.3 Å². The van der Waals surface area contributed by atoms with E-state index in [2.05, 4.69) is 16.1 Å². The van der Waals surface area contributed by atoms with Gasteiger partial charge >= 0.3 is 0 Å². The van der Waals surface area contributed by atoms with Crippen molar-refractivity contribution in [2.45, 2.75) is 13.0 Å². The van der Waals surface area contributed by atoms with Gasteiger partial charge in [-0.05, 0) is 19.1 Å². The molecule has 6 heteroatoms. The smallest absolute Gasteiger partial charge is 0.260 e. The summed E-state index contributed by atoms with van der Waals surface area (Å²) in [7, 11) is 1.58. The number of aliphatic hydroxyl groups excluding tert-OH is 1. The second-order valence-electron chi connectivity index (χ2n) is 4.55. The van der Waals surface area contributed by atoms with Crippen LogP contribution in [0.3, 0.4) is 0 Å². The molecular weight excluding hydrogens is 270 g/mol. The molecule has 0 bridgehead atoms. The van der Waals surface area contributed by atoms with E-state index >= 15 is 0 Å². The molecular formula is C15H15N3O3. The van der Waals surface area contributed by atoms with E-state index in [0.29, 0.717) is 11.3 Å². The Balaban J connectivity index is 2.54. The molecule has 21 heavy (non-hydrogen) atoms. The van der Waals surface area contributed by atoms with Crippen LogP contribution in [0.5, 0.6) is 0 Å². The Labute approximate surface area is 122 Å². The number of hydrogen-bond donors (Lipinski definition) is 1. The molecule has 0 aliphatic rings. The number of aliphatic hydroxyl groups is 1. The molecule has 1 unspecified atom stereocenters. The lowest BCUT2D eigenvalue weighted by Crippen LogP contribution is -2.28. The van der Waals surface area contributed by atoms with Crippen molar-refractivity contribution in [3.8, 4) is 23.6 Å². The van der Waals surface area contributed by atoms with Crippen LogP contribution in [0.4, 0.5) is 0 Å². The molecule has 0 saturated carbocycles. The van der Waals surface area contributed by atoms with E-state index in [0.717, 1.165) is 0 Å². The first-order chi connectivity index (χ1) is 10.1. The number of carbonyl (C=O) groups is 1. The summed E-state index contributed by atoms with van der Waals surface area (Å²) in [6.45, 7) is 1.65. The fourth-order valence-corrected chi connectivity index (χ4v) is 1.89. The number of aromatic nitrogens is 2. The normalized spacial score (nSPS) is 11.7. The summed E-state index contributed by atoms with van der Waals surface area (Å²) in [6.07, 6.45) is 7.46. The molecule has 0 radical (unpaired) electrons. The van der Waals surface area contributed by atoms with E-state index in [9.17, 15) is 9.90 Å². The van der Waals surface area contributed by atoms with Crippen molar-refractivity contribution in [1.82, 2.24) is 15.0 Å². The lowest BCUT2D eigenvalue weighted by atomic mass is 10.0. The minimum absolute atomic E-state index is 0.114. The Kier molecular flexibility index (Phi) is 4.36. The van der Waals surface area contributed by atoms with Crippen LogP contribution in [0.15, 0.2) is 29.0 Å². The molecule has 2 rings (SSSR count). The van der Waals surface area contributed by atoms with Crippen molar-refractivity contribution >= 4 is 5.91 Å². The number of rotatable bonds is 4. The van der Waals surface area contributed by atoms with Gasteiger partial charge in [-0.3, -0.25) is 9.78 Å². The highest BCUT2D eigenvalue weighted by molar-refractivity contribution is 6.00. The van der Waals surface area contributed by atoms with Crippen LogP contribution in [0.1, 0.15) is 29.1 Å². The van der Waals surface area contributed by atoms with Gasteiger partial charge in [0.1, 0.15) is 17.4 Å². The molecule has 1 N–H and O–H groups in total. The zero-order valence-corrected chi connectivity index (χ0v) is 11.8. The Bertz CT molecular complexity index is 671. The second kappa shape index (κ2) is 6.20. The van der Waals surface area contributed by atoms with Crippen LogP contribution in [0.2, 0.25) is 0 Å². The third-order valence-electron chi connectivity index (χ3n) is 2.92. The molecule has 1 atom stereocenters. The highest BCUT2D eigenvalue weighted by Gasteiger charge is 2.28. The highest BCUT2D eigenvalue weighted by Crippen LogP contribution is 2.29. The molecule has 0 fully saturated rings. The van der Waals surface area contributed by atoms with Crippen molar-refractivity contribution in [1.29, 1.82) is 0 Å². The number of terminal acetylenes is 1. The standard InChI is InChI=1S/C15H15N3O3/c1-4-8-18(3)15(20)12-13(11-6-5-7-16-9-11)17-21-14(12)10(2)19/h1,5-7,9-10,19H,8H2,2-3H3. The number of amides is 1. The van der Waals surface area contributed by atoms with Gasteiger partial charge in [-0.2, -0.15) is 0 Å². The van der Waals surface area contributed by atoms with E-state index < -0.39 is 6.10 Å². The van der Waals surface area contributed by atoms with E-state index in [1.54, 1.807) is 31.6 Å². The minimum atomic E-state index is -0.957. The molecule has 2 aromatic rings. The number of pyridine rings is 1. The summed E-state index contributed by atoms with van der Waals surface area (Å²) in [5.41, 5.74) is 1.18. The molecule has 2 aromatic heterocycles. The topological polar surface area (TPSA) is 79.5 Å². The van der Waals surface area contributed by atoms with Gasteiger partial charge in [0.2, 0.25) is 0 Å². The predicted octanol–water partition coefficient (Wildman–Crippen LogP) is 1.50. The van der Waals surface area contributed by atoms with E-state index in [4.69, 9.17) is 10.9 Å². The quantitative estimate of drug-likeness (QED) is 0.861. The fraction of sp³-hybridized carbons (Fsp3) is 0.267. The molecule has 108 valence electrons. The van der Waals surface area contributed by atoms with Crippen molar-refractivity contribution < 1.29 is 14.4 Å². The SMILES string of the molecule is C#CCN(C)C(=O)c1c(-c2cccnc2)noc1C(C)O. The fourth-order valence-electron chi connectivity index (χ4n) is 1.89. The second-order valence-corrected chi connectivity index (χ2v) is 4.55. The van der Waals surface area contributed by atoms with Crippen LogP contribution >= 0.6 is 0 Å². The summed E-state index contributed by atoms with van der Waals surface area (Å²) >= 11 is 0. The van der Waals surface area contributed by atoms with Crippen molar-refractivity contribution in [3.05, 3.63) is 35.9 Å². The van der Waals surface area contributed by atoms with Gasteiger partial charge in [0.15, 0.2) is 5.76 Å². The number of hydrogen-bond acceptors (Lipinski definition) is 5. The third kappa shape index (κ3) is 2.93. The van der Waals surface area contributed by atoms with Gasteiger partial charge in [0.25, 0.3) is 5.91 Å². The van der Waals surface area contributed by atoms with Gasteiger partial charge < -0.3 is 14.5 Å². The van der Waals surface area contributed by atoms with Crippen LogP contribution in [0.25, 0.3) is 11.3 Å². The Hall–Kier alpha value is -2.65. The monoisotopic (exact) mass is 285 g/mol. The van der Waals surface area contributed by atoms with Gasteiger partial charge in [-0.15, -0.1) is 6.42 Å². The molecule has 6 nitrogen and oxygen atoms in total. The minimum Gasteiger partial charge on any atom is -0.385 e. The Morgan fingerprint density at radius 3 is 2.95 bits per heavy atom. The van der Waals surface area contributed by atoms with Crippen LogP contribution in [-0.4, -0.2) is 39.6 Å². The van der Waals surface area contributed by atoms with Gasteiger partial charge in [0, 0.05) is 25.0 Å². The average molecular weight is 285 g/mol.